The highest BCUT2D eigenvalue weighted by molar-refractivity contribution is 5.95. The van der Waals surface area contributed by atoms with Gasteiger partial charge >= 0.3 is 6.01 Å². The average Bonchev–Trinajstić information content (AvgIpc) is 2.90. The minimum absolute atomic E-state index is 0.0587. The lowest BCUT2D eigenvalue weighted by Crippen LogP contribution is -2.33. The lowest BCUT2D eigenvalue weighted by Gasteiger charge is -2.24. The van der Waals surface area contributed by atoms with Gasteiger partial charge in [0.1, 0.15) is 16.9 Å². The van der Waals surface area contributed by atoms with Crippen molar-refractivity contribution in [2.45, 2.75) is 72.0 Å². The van der Waals surface area contributed by atoms with Crippen LogP contribution in [0, 0.1) is 5.92 Å². The molecule has 1 aliphatic rings. The molecule has 190 valence electrons. The second-order valence-corrected chi connectivity index (χ2v) is 11.2. The molecule has 2 aromatic heterocycles. The van der Waals surface area contributed by atoms with Crippen LogP contribution in [0.1, 0.15) is 59.1 Å². The van der Waals surface area contributed by atoms with Crippen molar-refractivity contribution in [3.8, 4) is 23.1 Å². The van der Waals surface area contributed by atoms with E-state index in [-0.39, 0.29) is 17.8 Å². The molecule has 0 fully saturated rings. The molecule has 0 saturated carbocycles. The van der Waals surface area contributed by atoms with E-state index in [0.717, 1.165) is 17.5 Å². The molecule has 1 amide bonds. The van der Waals surface area contributed by atoms with Crippen LogP contribution in [0.5, 0.6) is 11.9 Å². The first-order chi connectivity index (χ1) is 16.9. The van der Waals surface area contributed by atoms with Gasteiger partial charge in [-0.25, -0.2) is 4.98 Å². The van der Waals surface area contributed by atoms with Gasteiger partial charge in [0.2, 0.25) is 11.8 Å². The largest absolute Gasteiger partial charge is 0.471 e. The van der Waals surface area contributed by atoms with Crippen molar-refractivity contribution >= 4 is 11.7 Å². The van der Waals surface area contributed by atoms with Crippen LogP contribution in [0.4, 0.5) is 5.82 Å². The van der Waals surface area contributed by atoms with Gasteiger partial charge in [-0.3, -0.25) is 9.69 Å². The van der Waals surface area contributed by atoms with Crippen molar-refractivity contribution in [1.29, 1.82) is 0 Å². The van der Waals surface area contributed by atoms with Crippen LogP contribution in [-0.4, -0.2) is 44.3 Å². The lowest BCUT2D eigenvalue weighted by molar-refractivity contribution is -0.122. The number of amides is 1. The van der Waals surface area contributed by atoms with Crippen molar-refractivity contribution in [3.63, 3.8) is 0 Å². The zero-order valence-electron chi connectivity index (χ0n) is 22.2. The molecule has 36 heavy (non-hydrogen) atoms. The monoisotopic (exact) mass is 489 g/mol. The van der Waals surface area contributed by atoms with E-state index in [0.29, 0.717) is 35.8 Å². The number of carbonyl (C=O) groups is 1. The molecule has 0 aliphatic carbocycles. The van der Waals surface area contributed by atoms with Crippen LogP contribution in [0.15, 0.2) is 42.6 Å². The molecular formula is C28H35N5O3. The van der Waals surface area contributed by atoms with Gasteiger partial charge in [-0.1, -0.05) is 30.3 Å². The molecule has 8 heteroatoms. The molecule has 1 unspecified atom stereocenters. The maximum Gasteiger partial charge on any atom is 0.320 e. The number of hydrogen-bond donors (Lipinski definition) is 0. The SMILES string of the molecule is CN1C(=O)C(Cc2ccccc2)CCc2cc(-c3cnc(OC(C)(C)C)nc3OC(C)(C)C)nnc21. The van der Waals surface area contributed by atoms with E-state index in [2.05, 4.69) is 32.3 Å². The fourth-order valence-electron chi connectivity index (χ4n) is 4.16. The van der Waals surface area contributed by atoms with Crippen LogP contribution in [-0.2, 0) is 17.6 Å². The van der Waals surface area contributed by atoms with Crippen molar-refractivity contribution in [2.75, 3.05) is 11.9 Å². The van der Waals surface area contributed by atoms with Gasteiger partial charge in [-0.15, -0.1) is 10.2 Å². The number of rotatable bonds is 5. The summed E-state index contributed by atoms with van der Waals surface area (Å²) in [5.41, 5.74) is 2.40. The van der Waals surface area contributed by atoms with E-state index >= 15 is 0 Å². The van der Waals surface area contributed by atoms with Crippen LogP contribution in [0.3, 0.4) is 0 Å². The number of nitrogens with zero attached hydrogens (tertiary/aromatic N) is 5. The zero-order valence-corrected chi connectivity index (χ0v) is 22.2. The molecule has 0 radical (unpaired) electrons. The van der Waals surface area contributed by atoms with Gasteiger partial charge < -0.3 is 9.47 Å². The van der Waals surface area contributed by atoms with Gasteiger partial charge in [0.15, 0.2) is 5.82 Å². The van der Waals surface area contributed by atoms with Crippen molar-refractivity contribution in [2.24, 2.45) is 5.92 Å². The highest BCUT2D eigenvalue weighted by Gasteiger charge is 2.30. The first kappa shape index (κ1) is 25.5. The number of fused-ring (bicyclic) bond motifs is 1. The number of hydrogen-bond acceptors (Lipinski definition) is 7. The van der Waals surface area contributed by atoms with Crippen LogP contribution in [0.25, 0.3) is 11.3 Å². The van der Waals surface area contributed by atoms with E-state index < -0.39 is 11.2 Å². The minimum Gasteiger partial charge on any atom is -0.471 e. The summed E-state index contributed by atoms with van der Waals surface area (Å²) >= 11 is 0. The molecule has 0 N–H and O–H groups in total. The zero-order chi connectivity index (χ0) is 26.1. The molecule has 1 aliphatic heterocycles. The molecule has 3 aromatic rings. The first-order valence-corrected chi connectivity index (χ1v) is 12.3. The molecule has 8 nitrogen and oxygen atoms in total. The third-order valence-corrected chi connectivity index (χ3v) is 5.74. The van der Waals surface area contributed by atoms with Crippen LogP contribution in [0.2, 0.25) is 0 Å². The third-order valence-electron chi connectivity index (χ3n) is 5.74. The fourth-order valence-corrected chi connectivity index (χ4v) is 4.16. The molecule has 3 heterocycles. The second-order valence-electron chi connectivity index (χ2n) is 11.2. The lowest BCUT2D eigenvalue weighted by atomic mass is 9.93. The van der Waals surface area contributed by atoms with Gasteiger partial charge in [0.05, 0.1) is 5.56 Å². The molecule has 4 rings (SSSR count). The highest BCUT2D eigenvalue weighted by Crippen LogP contribution is 2.34. The topological polar surface area (TPSA) is 90.3 Å². The summed E-state index contributed by atoms with van der Waals surface area (Å²) in [7, 11) is 1.77. The number of anilines is 1. The number of aryl methyl sites for hydroxylation is 1. The summed E-state index contributed by atoms with van der Waals surface area (Å²) in [4.78, 5) is 23.8. The van der Waals surface area contributed by atoms with Crippen LogP contribution >= 0.6 is 0 Å². The van der Waals surface area contributed by atoms with E-state index in [1.54, 1.807) is 18.1 Å². The molecule has 0 bridgehead atoms. The average molecular weight is 490 g/mol. The summed E-state index contributed by atoms with van der Waals surface area (Å²) in [6, 6.07) is 12.3. The van der Waals surface area contributed by atoms with Gasteiger partial charge in [-0.2, -0.15) is 4.98 Å². The second kappa shape index (κ2) is 9.84. The van der Waals surface area contributed by atoms with E-state index in [9.17, 15) is 4.79 Å². The Morgan fingerprint density at radius 2 is 1.69 bits per heavy atom. The first-order valence-electron chi connectivity index (χ1n) is 12.3. The Hall–Kier alpha value is -3.55. The van der Waals surface area contributed by atoms with E-state index in [1.165, 1.54) is 0 Å². The fraction of sp³-hybridized carbons (Fsp3) is 0.464. The predicted octanol–water partition coefficient (Wildman–Crippen LogP) is 5.06. The Balaban J connectivity index is 1.66. The van der Waals surface area contributed by atoms with Gasteiger partial charge in [0.25, 0.3) is 0 Å². The molecular weight excluding hydrogens is 454 g/mol. The Morgan fingerprint density at radius 1 is 1.00 bits per heavy atom. The summed E-state index contributed by atoms with van der Waals surface area (Å²) in [5, 5.41) is 8.91. The van der Waals surface area contributed by atoms with Crippen molar-refractivity contribution < 1.29 is 14.3 Å². The number of ether oxygens (including phenoxy) is 2. The Morgan fingerprint density at radius 3 is 2.36 bits per heavy atom. The highest BCUT2D eigenvalue weighted by atomic mass is 16.5. The summed E-state index contributed by atoms with van der Waals surface area (Å²) in [6.45, 7) is 11.7. The van der Waals surface area contributed by atoms with Crippen LogP contribution < -0.4 is 14.4 Å². The molecule has 1 aromatic carbocycles. The molecule has 0 spiro atoms. The predicted molar refractivity (Wildman–Crippen MR) is 139 cm³/mol. The Kier molecular flexibility index (Phi) is 6.98. The van der Waals surface area contributed by atoms with Gasteiger partial charge in [0, 0.05) is 19.2 Å². The smallest absolute Gasteiger partial charge is 0.320 e. The number of benzene rings is 1. The number of aromatic nitrogens is 4. The quantitative estimate of drug-likeness (QED) is 0.495. The summed E-state index contributed by atoms with van der Waals surface area (Å²) in [6.07, 6.45) is 3.81. The Bertz CT molecular complexity index is 1230. The van der Waals surface area contributed by atoms with Crippen molar-refractivity contribution in [1.82, 2.24) is 20.2 Å². The van der Waals surface area contributed by atoms with E-state index in [1.807, 2.05) is 65.8 Å². The summed E-state index contributed by atoms with van der Waals surface area (Å²) < 4.78 is 12.0. The maximum atomic E-state index is 13.2. The number of carbonyl (C=O) groups excluding carboxylic acids is 1. The van der Waals surface area contributed by atoms with E-state index in [4.69, 9.17) is 9.47 Å². The Labute approximate surface area is 213 Å². The van der Waals surface area contributed by atoms with Gasteiger partial charge in [-0.05, 0) is 78.0 Å². The summed E-state index contributed by atoms with van der Waals surface area (Å²) in [5.74, 6) is 0.910. The molecule has 0 saturated heterocycles. The third kappa shape index (κ3) is 6.17. The van der Waals surface area contributed by atoms with Crippen molar-refractivity contribution in [3.05, 3.63) is 53.7 Å². The molecule has 1 atom stereocenters. The standard InChI is InChI=1S/C28H35N5O3/c1-27(2,3)35-24-21(17-29-26(30-24)36-28(4,5)6)22-16-19-13-14-20(15-18-11-9-8-10-12-18)25(34)33(7)23(19)32-31-22/h8-12,16-17,20H,13-15H2,1-7H3. The minimum atomic E-state index is -0.488. The maximum absolute atomic E-state index is 13.2. The normalized spacial score (nSPS) is 16.4.